The summed E-state index contributed by atoms with van der Waals surface area (Å²) in [6, 6.07) is 21.1. The van der Waals surface area contributed by atoms with E-state index in [4.69, 9.17) is 0 Å². The van der Waals surface area contributed by atoms with E-state index >= 15 is 0 Å². The number of hydrogen-bond donors (Lipinski definition) is 1. The van der Waals surface area contributed by atoms with Crippen molar-refractivity contribution in [2.24, 2.45) is 5.92 Å². The fraction of sp³-hybridized carbons (Fsp3) is 0.333. The number of halogens is 1. The summed E-state index contributed by atoms with van der Waals surface area (Å²) in [6.07, 6.45) is 1.20. The van der Waals surface area contributed by atoms with Gasteiger partial charge in [-0.2, -0.15) is 0 Å². The Labute approximate surface area is 230 Å². The summed E-state index contributed by atoms with van der Waals surface area (Å²) in [7, 11) is -3.95. The zero-order chi connectivity index (χ0) is 28.6. The van der Waals surface area contributed by atoms with Crippen LogP contribution in [0.1, 0.15) is 30.5 Å². The summed E-state index contributed by atoms with van der Waals surface area (Å²) < 4.78 is 40.3. The molecule has 0 aliphatic carbocycles. The van der Waals surface area contributed by atoms with Crippen LogP contribution in [0.15, 0.2) is 78.9 Å². The molecule has 0 radical (unpaired) electrons. The number of benzene rings is 3. The fourth-order valence-corrected chi connectivity index (χ4v) is 4.95. The first-order valence-electron chi connectivity index (χ1n) is 12.8. The Morgan fingerprint density at radius 1 is 0.923 bits per heavy atom. The number of sulfonamides is 1. The van der Waals surface area contributed by atoms with Crippen molar-refractivity contribution < 1.29 is 22.4 Å². The Morgan fingerprint density at radius 3 is 2.18 bits per heavy atom. The summed E-state index contributed by atoms with van der Waals surface area (Å²) in [5.41, 5.74) is 2.72. The molecule has 1 N–H and O–H groups in total. The number of carbonyl (C=O) groups is 2. The minimum atomic E-state index is -3.95. The van der Waals surface area contributed by atoms with Crippen molar-refractivity contribution in [3.8, 4) is 0 Å². The molecule has 0 saturated heterocycles. The van der Waals surface area contributed by atoms with Crippen LogP contribution in [0.25, 0.3) is 0 Å². The first kappa shape index (κ1) is 29.8. The van der Waals surface area contributed by atoms with Crippen molar-refractivity contribution >= 4 is 27.5 Å². The monoisotopic (exact) mass is 553 g/mol. The lowest BCUT2D eigenvalue weighted by molar-refractivity contribution is -0.140. The maximum Gasteiger partial charge on any atom is 0.244 e. The molecule has 208 valence electrons. The van der Waals surface area contributed by atoms with Crippen molar-refractivity contribution in [2.45, 2.75) is 39.8 Å². The summed E-state index contributed by atoms with van der Waals surface area (Å²) >= 11 is 0. The second-order valence-corrected chi connectivity index (χ2v) is 12.0. The van der Waals surface area contributed by atoms with E-state index in [9.17, 15) is 22.4 Å². The van der Waals surface area contributed by atoms with Crippen LogP contribution in [0.5, 0.6) is 0 Å². The van der Waals surface area contributed by atoms with Crippen LogP contribution in [0, 0.1) is 18.7 Å². The minimum absolute atomic E-state index is 0.0324. The van der Waals surface area contributed by atoms with Gasteiger partial charge < -0.3 is 10.2 Å². The fourth-order valence-electron chi connectivity index (χ4n) is 4.11. The summed E-state index contributed by atoms with van der Waals surface area (Å²) in [4.78, 5) is 28.9. The van der Waals surface area contributed by atoms with Gasteiger partial charge in [0.1, 0.15) is 18.4 Å². The number of amides is 2. The Balaban J connectivity index is 2.04. The van der Waals surface area contributed by atoms with Crippen LogP contribution in [-0.2, 0) is 32.6 Å². The SMILES string of the molecule is Cc1ccc(CN(C(=O)CN(c2cccc(F)c2)S(C)(=O)=O)C(Cc2ccccc2)C(=O)NCC(C)C)cc1. The number of rotatable bonds is 12. The molecule has 1 unspecified atom stereocenters. The third kappa shape index (κ3) is 8.92. The van der Waals surface area contributed by atoms with E-state index in [-0.39, 0.29) is 30.5 Å². The summed E-state index contributed by atoms with van der Waals surface area (Å²) in [5, 5.41) is 2.94. The van der Waals surface area contributed by atoms with Gasteiger partial charge in [0.05, 0.1) is 11.9 Å². The summed E-state index contributed by atoms with van der Waals surface area (Å²) in [6.45, 7) is 5.83. The van der Waals surface area contributed by atoms with Gasteiger partial charge in [0.15, 0.2) is 0 Å². The first-order chi connectivity index (χ1) is 18.4. The lowest BCUT2D eigenvalue weighted by Gasteiger charge is -2.33. The van der Waals surface area contributed by atoms with E-state index in [1.807, 2.05) is 75.4 Å². The molecule has 0 saturated carbocycles. The van der Waals surface area contributed by atoms with E-state index < -0.39 is 34.3 Å². The highest BCUT2D eigenvalue weighted by Gasteiger charge is 2.33. The number of carbonyl (C=O) groups excluding carboxylic acids is 2. The van der Waals surface area contributed by atoms with Gasteiger partial charge in [0.2, 0.25) is 21.8 Å². The molecule has 3 aromatic carbocycles. The molecule has 0 aromatic heterocycles. The Kier molecular flexibility index (Phi) is 10.2. The number of aryl methyl sites for hydroxylation is 1. The molecule has 0 aliphatic rings. The van der Waals surface area contributed by atoms with E-state index in [2.05, 4.69) is 5.32 Å². The molecule has 0 bridgehead atoms. The van der Waals surface area contributed by atoms with Gasteiger partial charge in [-0.3, -0.25) is 13.9 Å². The molecule has 3 rings (SSSR count). The van der Waals surface area contributed by atoms with E-state index in [0.717, 1.165) is 33.3 Å². The van der Waals surface area contributed by atoms with Gasteiger partial charge in [-0.25, -0.2) is 12.8 Å². The predicted octanol–water partition coefficient (Wildman–Crippen LogP) is 4.31. The van der Waals surface area contributed by atoms with Gasteiger partial charge >= 0.3 is 0 Å². The average Bonchev–Trinajstić information content (AvgIpc) is 2.88. The highest BCUT2D eigenvalue weighted by Crippen LogP contribution is 2.21. The Bertz CT molecular complexity index is 1360. The summed E-state index contributed by atoms with van der Waals surface area (Å²) in [5.74, 6) is -1.34. The maximum atomic E-state index is 14.0. The molecule has 2 amide bonds. The molecule has 0 aliphatic heterocycles. The molecule has 0 fully saturated rings. The first-order valence-corrected chi connectivity index (χ1v) is 14.7. The molecule has 39 heavy (non-hydrogen) atoms. The quantitative estimate of drug-likeness (QED) is 0.362. The van der Waals surface area contributed by atoms with E-state index in [0.29, 0.717) is 6.54 Å². The van der Waals surface area contributed by atoms with Crippen molar-refractivity contribution in [3.63, 3.8) is 0 Å². The molecule has 9 heteroatoms. The molecule has 3 aromatic rings. The number of nitrogens with one attached hydrogen (secondary N) is 1. The molecule has 0 spiro atoms. The highest BCUT2D eigenvalue weighted by atomic mass is 32.2. The van der Waals surface area contributed by atoms with Gasteiger partial charge in [-0.05, 0) is 42.2 Å². The van der Waals surface area contributed by atoms with Gasteiger partial charge in [-0.15, -0.1) is 0 Å². The zero-order valence-corrected chi connectivity index (χ0v) is 23.6. The van der Waals surface area contributed by atoms with Crippen molar-refractivity contribution in [1.82, 2.24) is 10.2 Å². The third-order valence-electron chi connectivity index (χ3n) is 6.20. The highest BCUT2D eigenvalue weighted by molar-refractivity contribution is 7.92. The van der Waals surface area contributed by atoms with Crippen LogP contribution in [0.2, 0.25) is 0 Å². The minimum Gasteiger partial charge on any atom is -0.354 e. The van der Waals surface area contributed by atoms with Gasteiger partial charge in [0.25, 0.3) is 0 Å². The number of anilines is 1. The lowest BCUT2D eigenvalue weighted by atomic mass is 10.0. The van der Waals surface area contributed by atoms with E-state index in [1.54, 1.807) is 0 Å². The average molecular weight is 554 g/mol. The van der Waals surface area contributed by atoms with E-state index in [1.165, 1.54) is 23.1 Å². The second-order valence-electron chi connectivity index (χ2n) is 10.1. The normalized spacial score (nSPS) is 12.2. The predicted molar refractivity (Wildman–Crippen MR) is 152 cm³/mol. The maximum absolute atomic E-state index is 14.0. The largest absolute Gasteiger partial charge is 0.354 e. The Hall–Kier alpha value is -3.72. The molecular formula is C30H36FN3O4S. The van der Waals surface area contributed by atoms with Crippen LogP contribution >= 0.6 is 0 Å². The number of nitrogens with zero attached hydrogens (tertiary/aromatic N) is 2. The van der Waals surface area contributed by atoms with Crippen molar-refractivity contribution in [3.05, 3.63) is 101 Å². The molecule has 1 atom stereocenters. The van der Waals surface area contributed by atoms with Crippen LogP contribution in [0.4, 0.5) is 10.1 Å². The Morgan fingerprint density at radius 2 is 1.59 bits per heavy atom. The van der Waals surface area contributed by atoms with Gasteiger partial charge in [-0.1, -0.05) is 80.1 Å². The van der Waals surface area contributed by atoms with Crippen LogP contribution < -0.4 is 9.62 Å². The number of hydrogen-bond acceptors (Lipinski definition) is 4. The lowest BCUT2D eigenvalue weighted by Crippen LogP contribution is -2.53. The standard InChI is InChI=1S/C30H36FN3O4S/c1-22(2)19-32-30(36)28(17-24-9-6-5-7-10-24)33(20-25-15-13-23(3)14-16-25)29(35)21-34(39(4,37)38)27-12-8-11-26(31)18-27/h5-16,18,22,28H,17,19-21H2,1-4H3,(H,32,36). The zero-order valence-electron chi connectivity index (χ0n) is 22.8. The van der Waals surface area contributed by atoms with Gasteiger partial charge in [0, 0.05) is 19.5 Å². The van der Waals surface area contributed by atoms with Crippen molar-refractivity contribution in [2.75, 3.05) is 23.7 Å². The molecule has 7 nitrogen and oxygen atoms in total. The molecule has 0 heterocycles. The molecular weight excluding hydrogens is 517 g/mol. The smallest absolute Gasteiger partial charge is 0.244 e. The third-order valence-corrected chi connectivity index (χ3v) is 7.35. The van der Waals surface area contributed by atoms with Crippen molar-refractivity contribution in [1.29, 1.82) is 0 Å². The second kappa shape index (κ2) is 13.4. The van der Waals surface area contributed by atoms with Crippen LogP contribution in [-0.4, -0.2) is 50.5 Å². The van der Waals surface area contributed by atoms with Crippen LogP contribution in [0.3, 0.4) is 0 Å². The topological polar surface area (TPSA) is 86.8 Å².